The average molecular weight is 379 g/mol. The molecule has 1 aromatic heterocycles. The molecule has 2 fully saturated rings. The molecule has 28 heavy (non-hydrogen) atoms. The third kappa shape index (κ3) is 2.43. The van der Waals surface area contributed by atoms with Crippen LogP contribution in [-0.2, 0) is 14.3 Å². The van der Waals surface area contributed by atoms with Gasteiger partial charge in [-0.3, -0.25) is 14.5 Å². The molecule has 2 aromatic rings. The van der Waals surface area contributed by atoms with Crippen molar-refractivity contribution in [3.05, 3.63) is 53.3 Å². The van der Waals surface area contributed by atoms with Crippen LogP contribution in [0, 0.1) is 32.6 Å². The van der Waals surface area contributed by atoms with Gasteiger partial charge in [0.25, 0.3) is 0 Å². The fraction of sp³-hybridized carbons (Fsp3) is 0.381. The van der Waals surface area contributed by atoms with E-state index in [9.17, 15) is 9.59 Å². The number of aryl methyl sites for hydroxylation is 3. The highest BCUT2D eigenvalue weighted by molar-refractivity contribution is 6.05. The first kappa shape index (κ1) is 17.2. The molecule has 7 heteroatoms. The lowest BCUT2D eigenvalue weighted by molar-refractivity contribution is -0.128. The highest BCUT2D eigenvalue weighted by Gasteiger charge is 2.67. The second kappa shape index (κ2) is 5.78. The molecule has 4 heterocycles. The van der Waals surface area contributed by atoms with Crippen molar-refractivity contribution < 1.29 is 18.8 Å². The number of hydrogen-bond donors (Lipinski definition) is 1. The minimum Gasteiger partial charge on any atom is -0.360 e. The number of ether oxygens (including phenoxy) is 1. The van der Waals surface area contributed by atoms with E-state index < -0.39 is 17.4 Å². The molecule has 0 aliphatic carbocycles. The lowest BCUT2D eigenvalue weighted by atomic mass is 9.76. The number of benzene rings is 1. The van der Waals surface area contributed by atoms with Crippen molar-refractivity contribution in [1.29, 1.82) is 0 Å². The number of anilines is 2. The van der Waals surface area contributed by atoms with E-state index in [1.165, 1.54) is 0 Å². The van der Waals surface area contributed by atoms with Gasteiger partial charge in [0.2, 0.25) is 11.8 Å². The van der Waals surface area contributed by atoms with E-state index in [4.69, 9.17) is 9.26 Å². The lowest BCUT2D eigenvalue weighted by Gasteiger charge is -2.23. The number of aromatic nitrogens is 1. The third-order valence-electron chi connectivity index (χ3n) is 5.78. The number of carbonyl (C=O) groups is 2. The summed E-state index contributed by atoms with van der Waals surface area (Å²) >= 11 is 0. The van der Waals surface area contributed by atoms with Gasteiger partial charge in [0.05, 0.1) is 24.5 Å². The van der Waals surface area contributed by atoms with Crippen molar-refractivity contribution >= 4 is 23.3 Å². The van der Waals surface area contributed by atoms with E-state index >= 15 is 0 Å². The number of fused-ring (bicyclic) bond motifs is 1. The minimum atomic E-state index is -0.779. The summed E-state index contributed by atoms with van der Waals surface area (Å²) in [5, 5.41) is 6.94. The number of amides is 2. The van der Waals surface area contributed by atoms with Crippen molar-refractivity contribution in [3.63, 3.8) is 0 Å². The molecule has 3 aliphatic heterocycles. The van der Waals surface area contributed by atoms with Crippen LogP contribution >= 0.6 is 0 Å². The van der Waals surface area contributed by atoms with Gasteiger partial charge in [-0.2, -0.15) is 0 Å². The monoisotopic (exact) mass is 379 g/mol. The van der Waals surface area contributed by atoms with E-state index in [-0.39, 0.29) is 17.9 Å². The average Bonchev–Trinajstić information content (AvgIpc) is 3.35. The Kier molecular flexibility index (Phi) is 3.55. The number of nitrogens with zero attached hydrogens (tertiary/aromatic N) is 2. The van der Waals surface area contributed by atoms with E-state index in [2.05, 4.69) is 10.5 Å². The number of rotatable bonds is 3. The van der Waals surface area contributed by atoms with Crippen LogP contribution < -0.4 is 10.2 Å². The Morgan fingerprint density at radius 3 is 2.64 bits per heavy atom. The predicted molar refractivity (Wildman–Crippen MR) is 102 cm³/mol. The van der Waals surface area contributed by atoms with Crippen molar-refractivity contribution in [2.45, 2.75) is 32.5 Å². The van der Waals surface area contributed by atoms with Crippen LogP contribution in [0.2, 0.25) is 0 Å². The van der Waals surface area contributed by atoms with Crippen LogP contribution in [0.1, 0.15) is 16.9 Å². The molecule has 2 unspecified atom stereocenters. The second-order valence-corrected chi connectivity index (χ2v) is 7.99. The van der Waals surface area contributed by atoms with Crippen LogP contribution in [0.4, 0.5) is 11.5 Å². The molecular weight excluding hydrogens is 358 g/mol. The molecule has 1 N–H and O–H groups in total. The second-order valence-electron chi connectivity index (χ2n) is 7.99. The first-order valence-corrected chi connectivity index (χ1v) is 9.37. The molecule has 7 nitrogen and oxygen atoms in total. The lowest BCUT2D eigenvalue weighted by Crippen LogP contribution is -2.41. The number of hydrogen-bond acceptors (Lipinski definition) is 5. The summed E-state index contributed by atoms with van der Waals surface area (Å²) in [5.74, 6) is -0.400. The van der Waals surface area contributed by atoms with E-state index in [1.54, 1.807) is 17.9 Å². The van der Waals surface area contributed by atoms with Crippen LogP contribution in [-0.4, -0.2) is 35.2 Å². The summed E-state index contributed by atoms with van der Waals surface area (Å²) in [6.07, 6.45) is 3.43. The van der Waals surface area contributed by atoms with Gasteiger partial charge >= 0.3 is 0 Å². The SMILES string of the molecule is Cc1cc(C)cc(NC(=O)C2C3C(=O)N(c4cc(C)on4)C[C@@]34C=C[C@@H]2O4)c1. The maximum atomic E-state index is 13.2. The molecule has 2 bridgehead atoms. The van der Waals surface area contributed by atoms with Gasteiger partial charge in [-0.05, 0) is 44.0 Å². The van der Waals surface area contributed by atoms with Crippen LogP contribution in [0.5, 0.6) is 0 Å². The maximum absolute atomic E-state index is 13.2. The van der Waals surface area contributed by atoms with Crippen molar-refractivity contribution in [1.82, 2.24) is 5.16 Å². The Hall–Kier alpha value is -2.93. The zero-order chi connectivity index (χ0) is 19.6. The maximum Gasteiger partial charge on any atom is 0.235 e. The predicted octanol–water partition coefficient (Wildman–Crippen LogP) is 2.52. The fourth-order valence-corrected chi connectivity index (χ4v) is 4.74. The summed E-state index contributed by atoms with van der Waals surface area (Å²) in [6, 6.07) is 7.61. The van der Waals surface area contributed by atoms with Gasteiger partial charge in [-0.25, -0.2) is 0 Å². The highest BCUT2D eigenvalue weighted by atomic mass is 16.5. The van der Waals surface area contributed by atoms with Gasteiger partial charge in [0.1, 0.15) is 11.4 Å². The summed E-state index contributed by atoms with van der Waals surface area (Å²) in [7, 11) is 0. The Balaban J connectivity index is 1.44. The molecular formula is C21H21N3O4. The van der Waals surface area contributed by atoms with Crippen molar-refractivity contribution in [2.24, 2.45) is 11.8 Å². The quantitative estimate of drug-likeness (QED) is 0.829. The fourth-order valence-electron chi connectivity index (χ4n) is 4.74. The van der Waals surface area contributed by atoms with E-state index in [0.29, 0.717) is 18.1 Å². The zero-order valence-electron chi connectivity index (χ0n) is 15.9. The topological polar surface area (TPSA) is 84.7 Å². The van der Waals surface area contributed by atoms with Crippen molar-refractivity contribution in [2.75, 3.05) is 16.8 Å². The van der Waals surface area contributed by atoms with Crippen molar-refractivity contribution in [3.8, 4) is 0 Å². The Labute approximate surface area is 162 Å². The molecule has 0 radical (unpaired) electrons. The summed E-state index contributed by atoms with van der Waals surface area (Å²) < 4.78 is 11.3. The smallest absolute Gasteiger partial charge is 0.235 e. The summed E-state index contributed by atoms with van der Waals surface area (Å²) in [5.41, 5.74) is 2.09. The third-order valence-corrected chi connectivity index (χ3v) is 5.78. The Morgan fingerprint density at radius 2 is 1.96 bits per heavy atom. The normalized spacial score (nSPS) is 30.2. The molecule has 2 amide bonds. The highest BCUT2D eigenvalue weighted by Crippen LogP contribution is 2.52. The summed E-state index contributed by atoms with van der Waals surface area (Å²) in [4.78, 5) is 27.9. The number of carbonyl (C=O) groups excluding carboxylic acids is 2. The van der Waals surface area contributed by atoms with Gasteiger partial charge in [0, 0.05) is 11.8 Å². The molecule has 5 rings (SSSR count). The zero-order valence-corrected chi connectivity index (χ0v) is 15.9. The molecule has 3 aliphatic rings. The van der Waals surface area contributed by atoms with Crippen LogP contribution in [0.3, 0.4) is 0 Å². The van der Waals surface area contributed by atoms with Gasteiger partial charge in [-0.1, -0.05) is 23.4 Å². The van der Waals surface area contributed by atoms with Gasteiger partial charge in [0.15, 0.2) is 5.82 Å². The largest absolute Gasteiger partial charge is 0.360 e. The summed E-state index contributed by atoms with van der Waals surface area (Å²) in [6.45, 7) is 6.08. The standard InChI is InChI=1S/C21H21N3O4/c1-11-6-12(2)8-14(7-11)22-19(25)17-15-4-5-21(27-15)10-24(20(26)18(17)21)16-9-13(3)28-23-16/h4-9,15,17-18H,10H2,1-3H3,(H,22,25)/t15-,17?,18?,21-/m0/s1. The molecule has 4 atom stereocenters. The first-order valence-electron chi connectivity index (χ1n) is 9.37. The molecule has 144 valence electrons. The Morgan fingerprint density at radius 1 is 1.21 bits per heavy atom. The Bertz CT molecular complexity index is 1010. The molecule has 1 spiro atoms. The van der Waals surface area contributed by atoms with Gasteiger partial charge in [-0.15, -0.1) is 0 Å². The number of nitrogens with one attached hydrogen (secondary N) is 1. The molecule has 0 saturated carbocycles. The van der Waals surface area contributed by atoms with E-state index in [0.717, 1.165) is 16.8 Å². The van der Waals surface area contributed by atoms with Crippen LogP contribution in [0.25, 0.3) is 0 Å². The molecule has 1 aromatic carbocycles. The first-order chi connectivity index (χ1) is 13.4. The minimum absolute atomic E-state index is 0.152. The van der Waals surface area contributed by atoms with Gasteiger partial charge < -0.3 is 14.6 Å². The van der Waals surface area contributed by atoms with Crippen LogP contribution in [0.15, 0.2) is 40.9 Å². The molecule has 2 saturated heterocycles. The van der Waals surface area contributed by atoms with E-state index in [1.807, 2.05) is 44.2 Å².